The van der Waals surface area contributed by atoms with Gasteiger partial charge in [0.2, 0.25) is 0 Å². The minimum atomic E-state index is -0.995. The number of hydrogen-bond donors (Lipinski definition) is 3. The van der Waals surface area contributed by atoms with Crippen molar-refractivity contribution in [3.63, 3.8) is 0 Å². The lowest BCUT2D eigenvalue weighted by atomic mass is 10.2. The van der Waals surface area contributed by atoms with Crippen LogP contribution < -0.4 is 10.6 Å². The van der Waals surface area contributed by atoms with Crippen LogP contribution in [0.25, 0.3) is 0 Å². The number of carbonyl (C=O) groups excluding carboxylic acids is 1. The normalized spacial score (nSPS) is 10.3. The molecule has 9 heteroatoms. The maximum atomic E-state index is 11.5. The van der Waals surface area contributed by atoms with E-state index in [4.69, 9.17) is 9.84 Å². The Morgan fingerprint density at radius 1 is 1.33 bits per heavy atom. The van der Waals surface area contributed by atoms with Gasteiger partial charge in [0.15, 0.2) is 0 Å². The van der Waals surface area contributed by atoms with Crippen LogP contribution in [0, 0.1) is 0 Å². The van der Waals surface area contributed by atoms with Crippen LogP contribution in [0.15, 0.2) is 6.20 Å². The van der Waals surface area contributed by atoms with E-state index in [1.165, 1.54) is 10.9 Å². The molecule has 0 aliphatic heterocycles. The lowest BCUT2D eigenvalue weighted by Gasteiger charge is -2.06. The van der Waals surface area contributed by atoms with Crippen molar-refractivity contribution < 1.29 is 19.4 Å². The number of unbranched alkanes of at least 4 members (excludes halogenated alkanes) is 2. The average Bonchev–Trinajstić information content (AvgIpc) is 2.87. The summed E-state index contributed by atoms with van der Waals surface area (Å²) in [6, 6.07) is -0.283. The number of carboxylic acid groups (broad SMARTS) is 1. The third-order valence-electron chi connectivity index (χ3n) is 2.62. The molecule has 1 aromatic heterocycles. The molecule has 0 aromatic carbocycles. The van der Waals surface area contributed by atoms with Crippen LogP contribution in [0.5, 0.6) is 0 Å². The Kier molecular flexibility index (Phi) is 7.80. The second-order valence-electron chi connectivity index (χ2n) is 4.46. The number of nitrogens with zero attached hydrogens (tertiary/aromatic N) is 3. The third kappa shape index (κ3) is 7.88. The molecule has 3 N–H and O–H groups in total. The van der Waals surface area contributed by atoms with Crippen molar-refractivity contribution in [2.45, 2.75) is 32.4 Å². The highest BCUT2D eigenvalue weighted by Gasteiger charge is 2.05. The molecule has 1 heterocycles. The van der Waals surface area contributed by atoms with Gasteiger partial charge in [-0.2, -0.15) is 0 Å². The SMILES string of the molecule is COCCCCCNC(=O)NCc1cn(CC(=O)O)nn1. The van der Waals surface area contributed by atoms with Crippen LogP contribution in [-0.2, 0) is 22.6 Å². The highest BCUT2D eigenvalue weighted by atomic mass is 16.5. The molecule has 0 saturated heterocycles. The summed E-state index contributed by atoms with van der Waals surface area (Å²) in [6.07, 6.45) is 4.36. The van der Waals surface area contributed by atoms with Gasteiger partial charge < -0.3 is 20.5 Å². The lowest BCUT2D eigenvalue weighted by molar-refractivity contribution is -0.137. The Balaban J connectivity index is 2.12. The molecule has 0 fully saturated rings. The van der Waals surface area contributed by atoms with E-state index in [-0.39, 0.29) is 19.1 Å². The van der Waals surface area contributed by atoms with E-state index < -0.39 is 5.97 Å². The second kappa shape index (κ2) is 9.70. The molecule has 118 valence electrons. The molecule has 0 radical (unpaired) electrons. The number of carboxylic acids is 1. The molecule has 0 saturated carbocycles. The van der Waals surface area contributed by atoms with Gasteiger partial charge in [-0.3, -0.25) is 4.79 Å². The maximum absolute atomic E-state index is 11.5. The number of rotatable bonds is 10. The summed E-state index contributed by atoms with van der Waals surface area (Å²) in [5, 5.41) is 21.4. The van der Waals surface area contributed by atoms with E-state index in [1.807, 2.05) is 0 Å². The summed E-state index contributed by atoms with van der Waals surface area (Å²) >= 11 is 0. The van der Waals surface area contributed by atoms with E-state index in [0.717, 1.165) is 25.9 Å². The van der Waals surface area contributed by atoms with Crippen LogP contribution in [0.4, 0.5) is 4.79 Å². The van der Waals surface area contributed by atoms with Gasteiger partial charge in [0.05, 0.1) is 12.7 Å². The minimum Gasteiger partial charge on any atom is -0.480 e. The number of nitrogens with one attached hydrogen (secondary N) is 2. The molecule has 0 unspecified atom stereocenters. The number of aliphatic carboxylic acids is 1. The third-order valence-corrected chi connectivity index (χ3v) is 2.62. The minimum absolute atomic E-state index is 0.203. The highest BCUT2D eigenvalue weighted by molar-refractivity contribution is 5.73. The summed E-state index contributed by atoms with van der Waals surface area (Å²) in [4.78, 5) is 22.0. The van der Waals surface area contributed by atoms with E-state index in [1.54, 1.807) is 7.11 Å². The van der Waals surface area contributed by atoms with Crippen LogP contribution in [0.3, 0.4) is 0 Å². The maximum Gasteiger partial charge on any atom is 0.325 e. The van der Waals surface area contributed by atoms with Crippen LogP contribution in [0.2, 0.25) is 0 Å². The van der Waals surface area contributed by atoms with Crippen molar-refractivity contribution in [3.05, 3.63) is 11.9 Å². The Hall–Kier alpha value is -2.16. The molecule has 0 aliphatic rings. The first kappa shape index (κ1) is 16.9. The molecule has 0 spiro atoms. The Labute approximate surface area is 122 Å². The van der Waals surface area contributed by atoms with E-state index in [0.29, 0.717) is 12.2 Å². The quantitative estimate of drug-likeness (QED) is 0.522. The number of carbonyl (C=O) groups is 2. The molecule has 0 atom stereocenters. The van der Waals surface area contributed by atoms with Gasteiger partial charge in [0.25, 0.3) is 0 Å². The van der Waals surface area contributed by atoms with Crippen molar-refractivity contribution in [2.24, 2.45) is 0 Å². The molecule has 2 amide bonds. The Morgan fingerprint density at radius 3 is 2.86 bits per heavy atom. The molecule has 0 bridgehead atoms. The van der Waals surface area contributed by atoms with Crippen molar-refractivity contribution in [2.75, 3.05) is 20.3 Å². The zero-order valence-corrected chi connectivity index (χ0v) is 12.0. The summed E-state index contributed by atoms with van der Waals surface area (Å²) in [6.45, 7) is 1.29. The van der Waals surface area contributed by atoms with Gasteiger partial charge in [-0.05, 0) is 19.3 Å². The topological polar surface area (TPSA) is 118 Å². The molecular formula is C12H21N5O4. The number of aromatic nitrogens is 3. The van der Waals surface area contributed by atoms with Gasteiger partial charge in [0, 0.05) is 20.3 Å². The van der Waals surface area contributed by atoms with Crippen molar-refractivity contribution in [1.82, 2.24) is 25.6 Å². The van der Waals surface area contributed by atoms with Gasteiger partial charge in [-0.1, -0.05) is 5.21 Å². The van der Waals surface area contributed by atoms with Gasteiger partial charge in [-0.15, -0.1) is 5.10 Å². The Bertz CT molecular complexity index is 449. The zero-order valence-electron chi connectivity index (χ0n) is 12.0. The molecular weight excluding hydrogens is 278 g/mol. The van der Waals surface area contributed by atoms with Crippen molar-refractivity contribution in [1.29, 1.82) is 0 Å². The number of methoxy groups -OCH3 is 1. The molecule has 0 aliphatic carbocycles. The first-order chi connectivity index (χ1) is 10.1. The molecule has 21 heavy (non-hydrogen) atoms. The fourth-order valence-electron chi connectivity index (χ4n) is 1.62. The standard InChI is InChI=1S/C12H21N5O4/c1-21-6-4-2-3-5-13-12(20)14-7-10-8-17(16-15-10)9-11(18)19/h8H,2-7,9H2,1H3,(H,18,19)(H2,13,14,20). The smallest absolute Gasteiger partial charge is 0.325 e. The lowest BCUT2D eigenvalue weighted by Crippen LogP contribution is -2.35. The van der Waals surface area contributed by atoms with Gasteiger partial charge in [0.1, 0.15) is 12.2 Å². The van der Waals surface area contributed by atoms with Crippen molar-refractivity contribution >= 4 is 12.0 Å². The Morgan fingerprint density at radius 2 is 2.14 bits per heavy atom. The largest absolute Gasteiger partial charge is 0.480 e. The molecule has 9 nitrogen and oxygen atoms in total. The predicted molar refractivity (Wildman–Crippen MR) is 73.6 cm³/mol. The van der Waals surface area contributed by atoms with E-state index in [2.05, 4.69) is 20.9 Å². The number of ether oxygens (including phenoxy) is 1. The van der Waals surface area contributed by atoms with E-state index >= 15 is 0 Å². The fraction of sp³-hybridized carbons (Fsp3) is 0.667. The number of urea groups is 1. The van der Waals surface area contributed by atoms with Gasteiger partial charge >= 0.3 is 12.0 Å². The summed E-state index contributed by atoms with van der Waals surface area (Å²) in [5.74, 6) is -0.995. The fourth-order valence-corrected chi connectivity index (χ4v) is 1.62. The first-order valence-electron chi connectivity index (χ1n) is 6.73. The molecule has 1 rings (SSSR count). The van der Waals surface area contributed by atoms with Crippen molar-refractivity contribution in [3.8, 4) is 0 Å². The molecule has 1 aromatic rings. The van der Waals surface area contributed by atoms with Crippen LogP contribution >= 0.6 is 0 Å². The van der Waals surface area contributed by atoms with Gasteiger partial charge in [-0.25, -0.2) is 9.48 Å². The second-order valence-corrected chi connectivity index (χ2v) is 4.46. The van der Waals surface area contributed by atoms with Crippen LogP contribution in [-0.4, -0.2) is 52.4 Å². The van der Waals surface area contributed by atoms with E-state index in [9.17, 15) is 9.59 Å². The predicted octanol–water partition coefficient (Wildman–Crippen LogP) is -0.0214. The van der Waals surface area contributed by atoms with Crippen LogP contribution in [0.1, 0.15) is 25.0 Å². The summed E-state index contributed by atoms with van der Waals surface area (Å²) in [5.41, 5.74) is 0.506. The first-order valence-corrected chi connectivity index (χ1v) is 6.73. The summed E-state index contributed by atoms with van der Waals surface area (Å²) in [7, 11) is 1.67. The monoisotopic (exact) mass is 299 g/mol. The summed E-state index contributed by atoms with van der Waals surface area (Å²) < 4.78 is 6.13. The zero-order chi connectivity index (χ0) is 15.5. The highest BCUT2D eigenvalue weighted by Crippen LogP contribution is 1.94. The average molecular weight is 299 g/mol. The number of amides is 2. The number of hydrogen-bond acceptors (Lipinski definition) is 5.